The quantitative estimate of drug-likeness (QED) is 0.123. The normalized spacial score (nSPS) is 21.3. The van der Waals surface area contributed by atoms with Crippen molar-refractivity contribution in [3.63, 3.8) is 0 Å². The lowest BCUT2D eigenvalue weighted by molar-refractivity contribution is 0.00680. The largest absolute Gasteiger partial charge is 0.507 e. The molecule has 2 aliphatic rings. The van der Waals surface area contributed by atoms with Gasteiger partial charge in [-0.2, -0.15) is 0 Å². The second-order valence-corrected chi connectivity index (χ2v) is 11.7. The van der Waals surface area contributed by atoms with Crippen LogP contribution < -0.4 is 14.9 Å². The average molecular weight is 675 g/mol. The summed E-state index contributed by atoms with van der Waals surface area (Å²) in [4.78, 5) is 24.9. The van der Waals surface area contributed by atoms with Crippen LogP contribution in [0.25, 0.3) is 11.0 Å². The van der Waals surface area contributed by atoms with Crippen molar-refractivity contribution in [3.8, 4) is 51.7 Å². The van der Waals surface area contributed by atoms with Crippen LogP contribution in [0, 0.1) is 0 Å². The van der Waals surface area contributed by atoms with E-state index in [0.29, 0.717) is 6.07 Å². The van der Waals surface area contributed by atoms with Crippen molar-refractivity contribution in [3.05, 3.63) is 98.4 Å². The van der Waals surface area contributed by atoms with Crippen LogP contribution >= 0.6 is 0 Å². The van der Waals surface area contributed by atoms with E-state index in [9.17, 15) is 60.7 Å². The highest BCUT2D eigenvalue weighted by Gasteiger charge is 2.46. The minimum atomic E-state index is -1.81. The number of carbonyl (C=O) groups is 1. The van der Waals surface area contributed by atoms with Gasteiger partial charge in [0.2, 0.25) is 5.76 Å². The van der Waals surface area contributed by atoms with Crippen LogP contribution in [0.4, 0.5) is 0 Å². The Kier molecular flexibility index (Phi) is 7.11. The Morgan fingerprint density at radius 3 is 1.88 bits per heavy atom. The highest BCUT2D eigenvalue weighted by Crippen LogP contribution is 2.56. The number of aromatic carboxylic acids is 1. The lowest BCUT2D eigenvalue weighted by Crippen LogP contribution is -2.36. The number of phenolic OH excluding ortho intramolecular Hbond substituents is 7. The molecule has 0 bridgehead atoms. The lowest BCUT2D eigenvalue weighted by atomic mass is 9.77. The van der Waals surface area contributed by atoms with Gasteiger partial charge in [0.25, 0.3) is 0 Å². The summed E-state index contributed by atoms with van der Waals surface area (Å²) in [7, 11) is 0. The number of hydrogen-bond acceptors (Lipinski definition) is 14. The van der Waals surface area contributed by atoms with Crippen LogP contribution in [0.3, 0.4) is 0 Å². The molecule has 10 N–H and O–H groups in total. The maximum atomic E-state index is 13.0. The standard InChI is InChI=1S/C34H26O15/c35-14-3-1-11(5-16(14)37)31-21(42)7-13-22(47-31)8-20(41)26(29(13)43)28-27-23(48-32(30(28)44)12-2-4-15(36)17(38)6-12)9-18(39)25-19(40)10-24(34(45)46)49-33(25)27/h1-6,8-10,21,28,30-32,35-39,41-44H,7H2,(H,45,46). The number of hydrogen-bond donors (Lipinski definition) is 10. The van der Waals surface area contributed by atoms with E-state index in [2.05, 4.69) is 0 Å². The number of fused-ring (bicyclic) bond motifs is 4. The zero-order chi connectivity index (χ0) is 35.0. The molecule has 0 saturated carbocycles. The summed E-state index contributed by atoms with van der Waals surface area (Å²) in [6, 6.07) is 10.1. The third-order valence-corrected chi connectivity index (χ3v) is 8.77. The number of aliphatic hydroxyl groups is 2. The first-order chi connectivity index (χ1) is 23.2. The molecule has 0 saturated heterocycles. The molecule has 0 spiro atoms. The van der Waals surface area contributed by atoms with Crippen LogP contribution in [0.15, 0.2) is 63.8 Å². The molecule has 5 aromatic rings. The number of ether oxygens (including phenoxy) is 2. The molecule has 2 aliphatic heterocycles. The zero-order valence-electron chi connectivity index (χ0n) is 24.8. The number of carboxylic acid groups (broad SMARTS) is 1. The van der Waals surface area contributed by atoms with Crippen LogP contribution in [0.1, 0.15) is 56.5 Å². The molecule has 0 fully saturated rings. The van der Waals surface area contributed by atoms with Crippen LogP contribution in [-0.2, 0) is 6.42 Å². The van der Waals surface area contributed by atoms with Gasteiger partial charge >= 0.3 is 5.97 Å². The Balaban J connectivity index is 1.45. The lowest BCUT2D eigenvalue weighted by Gasteiger charge is -2.39. The molecule has 7 rings (SSSR count). The predicted octanol–water partition coefficient (Wildman–Crippen LogP) is 3.09. The molecule has 15 nitrogen and oxygen atoms in total. The second kappa shape index (κ2) is 11.1. The van der Waals surface area contributed by atoms with Crippen LogP contribution in [0.5, 0.6) is 51.7 Å². The summed E-state index contributed by atoms with van der Waals surface area (Å²) < 4.78 is 17.5. The first-order valence-corrected chi connectivity index (χ1v) is 14.6. The van der Waals surface area contributed by atoms with Gasteiger partial charge in [-0.15, -0.1) is 0 Å². The van der Waals surface area contributed by atoms with E-state index in [4.69, 9.17) is 13.9 Å². The van der Waals surface area contributed by atoms with Gasteiger partial charge in [0.15, 0.2) is 34.5 Å². The molecule has 5 atom stereocenters. The minimum absolute atomic E-state index is 0.0191. The molecule has 0 aliphatic carbocycles. The maximum absolute atomic E-state index is 13.0. The van der Waals surface area contributed by atoms with Gasteiger partial charge in [0.1, 0.15) is 51.9 Å². The van der Waals surface area contributed by atoms with E-state index in [0.717, 1.165) is 24.3 Å². The van der Waals surface area contributed by atoms with Gasteiger partial charge < -0.3 is 65.0 Å². The maximum Gasteiger partial charge on any atom is 0.371 e. The van der Waals surface area contributed by atoms with Crippen molar-refractivity contribution >= 4 is 16.9 Å². The van der Waals surface area contributed by atoms with Crippen LogP contribution in [0.2, 0.25) is 0 Å². The molecule has 0 radical (unpaired) electrons. The van der Waals surface area contributed by atoms with E-state index >= 15 is 0 Å². The Bertz CT molecular complexity index is 2260. The van der Waals surface area contributed by atoms with Crippen molar-refractivity contribution in [2.75, 3.05) is 0 Å². The van der Waals surface area contributed by atoms with E-state index in [-0.39, 0.29) is 45.7 Å². The zero-order valence-corrected chi connectivity index (χ0v) is 24.8. The van der Waals surface area contributed by atoms with Crippen molar-refractivity contribution < 1.29 is 69.8 Å². The monoisotopic (exact) mass is 674 g/mol. The molecule has 5 unspecified atom stereocenters. The van der Waals surface area contributed by atoms with Gasteiger partial charge in [0, 0.05) is 41.3 Å². The summed E-state index contributed by atoms with van der Waals surface area (Å²) in [6.07, 6.45) is -5.97. The minimum Gasteiger partial charge on any atom is -0.507 e. The second-order valence-electron chi connectivity index (χ2n) is 11.7. The molecule has 0 amide bonds. The fourth-order valence-corrected chi connectivity index (χ4v) is 6.50. The number of aromatic hydroxyl groups is 7. The SMILES string of the molecule is O=C(O)c1cc(=O)c2c(O)cc3c(c2o1)C(c1c(O)cc2c(c1O)CC(O)C(c1ccc(O)c(O)c1)O2)C(O)C(c1ccc(O)c(O)c1)O3. The van der Waals surface area contributed by atoms with Gasteiger partial charge in [-0.1, -0.05) is 12.1 Å². The number of phenols is 7. The Labute approximate surface area is 273 Å². The Morgan fingerprint density at radius 1 is 0.673 bits per heavy atom. The smallest absolute Gasteiger partial charge is 0.371 e. The molecular weight excluding hydrogens is 648 g/mol. The topological polar surface area (TPSA) is 268 Å². The summed E-state index contributed by atoms with van der Waals surface area (Å²) in [5, 5.41) is 106. The van der Waals surface area contributed by atoms with Crippen molar-refractivity contribution in [1.29, 1.82) is 0 Å². The number of benzene rings is 4. The summed E-state index contributed by atoms with van der Waals surface area (Å²) in [6.45, 7) is 0. The number of aliphatic hydroxyl groups excluding tert-OH is 2. The fourth-order valence-electron chi connectivity index (χ4n) is 6.50. The molecule has 3 heterocycles. The Hall–Kier alpha value is -6.32. The highest BCUT2D eigenvalue weighted by molar-refractivity contribution is 5.93. The van der Waals surface area contributed by atoms with E-state index in [1.54, 1.807) is 0 Å². The third kappa shape index (κ3) is 4.90. The highest BCUT2D eigenvalue weighted by atomic mass is 16.5. The van der Waals surface area contributed by atoms with E-state index in [1.807, 2.05) is 0 Å². The van der Waals surface area contributed by atoms with Crippen LogP contribution in [-0.4, -0.2) is 69.2 Å². The average Bonchev–Trinajstić information content (AvgIpc) is 3.04. The number of carboxylic acids is 1. The molecule has 15 heteroatoms. The van der Waals surface area contributed by atoms with Crippen molar-refractivity contribution in [1.82, 2.24) is 0 Å². The summed E-state index contributed by atoms with van der Waals surface area (Å²) in [5.74, 6) is -8.35. The summed E-state index contributed by atoms with van der Waals surface area (Å²) >= 11 is 0. The van der Waals surface area contributed by atoms with E-state index in [1.165, 1.54) is 24.3 Å². The van der Waals surface area contributed by atoms with Gasteiger partial charge in [-0.05, 0) is 35.4 Å². The molecule has 4 aromatic carbocycles. The van der Waals surface area contributed by atoms with Gasteiger partial charge in [-0.25, -0.2) is 4.79 Å². The Morgan fingerprint density at radius 2 is 1.27 bits per heavy atom. The number of rotatable bonds is 4. The molecular formula is C34H26O15. The molecule has 49 heavy (non-hydrogen) atoms. The summed E-state index contributed by atoms with van der Waals surface area (Å²) in [5.41, 5.74) is -1.77. The predicted molar refractivity (Wildman–Crippen MR) is 165 cm³/mol. The first kappa shape index (κ1) is 31.3. The molecule has 252 valence electrons. The molecule has 1 aromatic heterocycles. The fraction of sp³-hybridized carbons (Fsp3) is 0.176. The van der Waals surface area contributed by atoms with Gasteiger partial charge in [-0.3, -0.25) is 4.79 Å². The third-order valence-electron chi connectivity index (χ3n) is 8.77. The van der Waals surface area contributed by atoms with Crippen molar-refractivity contribution in [2.24, 2.45) is 0 Å². The first-order valence-electron chi connectivity index (χ1n) is 14.6. The van der Waals surface area contributed by atoms with E-state index < -0.39 is 98.7 Å². The van der Waals surface area contributed by atoms with Gasteiger partial charge in [0.05, 0.1) is 12.0 Å². The van der Waals surface area contributed by atoms with Crippen molar-refractivity contribution in [2.45, 2.75) is 36.8 Å².